The molecule has 0 saturated heterocycles. The Labute approximate surface area is 156 Å². The average Bonchev–Trinajstić information content (AvgIpc) is 2.63. The summed E-state index contributed by atoms with van der Waals surface area (Å²) in [5.74, 6) is -1.09. The monoisotopic (exact) mass is 404 g/mol. The van der Waals surface area contributed by atoms with Crippen LogP contribution in [0.1, 0.15) is 43.4 Å². The molecule has 2 atom stereocenters. The minimum Gasteiger partial charge on any atom is -0.507 e. The fraction of sp³-hybridized carbons (Fsp3) is 0.471. The first-order valence-corrected chi connectivity index (χ1v) is 8.54. The van der Waals surface area contributed by atoms with Crippen molar-refractivity contribution in [2.45, 2.75) is 50.4 Å². The molecule has 2 aromatic rings. The number of phenols is 1. The molecule has 6 nitrogen and oxygen atoms in total. The molecule has 28 heavy (non-hydrogen) atoms. The number of hydrogen-bond acceptors (Lipinski definition) is 6. The summed E-state index contributed by atoms with van der Waals surface area (Å²) >= 11 is 0. The fourth-order valence-electron chi connectivity index (χ4n) is 3.10. The van der Waals surface area contributed by atoms with E-state index in [2.05, 4.69) is 20.5 Å². The van der Waals surface area contributed by atoms with Crippen molar-refractivity contribution >= 4 is 5.95 Å². The number of aromatic nitrogens is 3. The first-order chi connectivity index (χ1) is 13.2. The van der Waals surface area contributed by atoms with Crippen molar-refractivity contribution in [3.05, 3.63) is 29.5 Å². The number of alkyl halides is 5. The van der Waals surface area contributed by atoms with Crippen LogP contribution in [-0.4, -0.2) is 37.5 Å². The topological polar surface area (TPSA) is 91.2 Å². The van der Waals surface area contributed by atoms with Crippen LogP contribution in [0, 0.1) is 0 Å². The lowest BCUT2D eigenvalue weighted by atomic mass is 9.93. The molecule has 0 aliphatic heterocycles. The highest BCUT2D eigenvalue weighted by molar-refractivity contribution is 5.69. The first kappa shape index (κ1) is 20.2. The summed E-state index contributed by atoms with van der Waals surface area (Å²) < 4.78 is 65.1. The smallest absolute Gasteiger partial charge is 0.416 e. The van der Waals surface area contributed by atoms with Crippen molar-refractivity contribution in [2.75, 3.05) is 5.32 Å². The average molecular weight is 404 g/mol. The predicted octanol–water partition coefficient (Wildman–Crippen LogP) is 3.92. The third-order valence-corrected chi connectivity index (χ3v) is 4.54. The summed E-state index contributed by atoms with van der Waals surface area (Å²) in [5, 5.41) is 29.9. The molecule has 3 N–H and O–H groups in total. The molecule has 3 rings (SSSR count). The van der Waals surface area contributed by atoms with Crippen LogP contribution in [0.2, 0.25) is 0 Å². The van der Waals surface area contributed by atoms with Crippen molar-refractivity contribution in [1.29, 1.82) is 0 Å². The molecule has 0 unspecified atom stereocenters. The van der Waals surface area contributed by atoms with E-state index in [0.29, 0.717) is 25.0 Å². The molecule has 0 bridgehead atoms. The molecule has 0 spiro atoms. The molecule has 152 valence electrons. The Bertz CT molecular complexity index is 847. The van der Waals surface area contributed by atoms with Gasteiger partial charge in [0.2, 0.25) is 5.95 Å². The maximum absolute atomic E-state index is 13.5. The zero-order valence-electron chi connectivity index (χ0n) is 14.4. The van der Waals surface area contributed by atoms with Gasteiger partial charge in [-0.2, -0.15) is 13.2 Å². The number of nitrogens with one attached hydrogen (secondary N) is 1. The number of aliphatic hydroxyl groups is 1. The molecule has 1 aliphatic carbocycles. The number of aromatic hydroxyl groups is 1. The number of phenolic OH excluding ortho intramolecular Hbond substituents is 1. The lowest BCUT2D eigenvalue weighted by Crippen LogP contribution is -2.37. The van der Waals surface area contributed by atoms with Crippen LogP contribution < -0.4 is 5.32 Å². The molecule has 1 aliphatic rings. The number of halogens is 5. The van der Waals surface area contributed by atoms with Gasteiger partial charge < -0.3 is 15.5 Å². The summed E-state index contributed by atoms with van der Waals surface area (Å²) in [4.78, 5) is 3.71. The van der Waals surface area contributed by atoms with Crippen LogP contribution >= 0.6 is 0 Å². The number of hydrogen-bond donors (Lipinski definition) is 3. The van der Waals surface area contributed by atoms with Crippen LogP contribution in [0.15, 0.2) is 18.2 Å². The van der Waals surface area contributed by atoms with Crippen LogP contribution in [0.5, 0.6) is 5.75 Å². The highest BCUT2D eigenvalue weighted by Gasteiger charge is 2.32. The van der Waals surface area contributed by atoms with Gasteiger partial charge in [-0.3, -0.25) is 0 Å². The van der Waals surface area contributed by atoms with E-state index >= 15 is 0 Å². The number of nitrogens with zero attached hydrogens (tertiary/aromatic N) is 3. The van der Waals surface area contributed by atoms with Gasteiger partial charge in [-0.15, -0.1) is 10.2 Å². The Hall–Kier alpha value is -2.56. The van der Waals surface area contributed by atoms with Gasteiger partial charge in [0.05, 0.1) is 17.7 Å². The molecule has 11 heteroatoms. The van der Waals surface area contributed by atoms with Gasteiger partial charge in [-0.1, -0.05) is 12.8 Å². The number of benzene rings is 1. The Morgan fingerprint density at radius 3 is 2.43 bits per heavy atom. The van der Waals surface area contributed by atoms with E-state index in [4.69, 9.17) is 0 Å². The third kappa shape index (κ3) is 4.29. The second-order valence-electron chi connectivity index (χ2n) is 6.50. The minimum absolute atomic E-state index is 0.226. The molecular weight excluding hydrogens is 387 g/mol. The fourth-order valence-corrected chi connectivity index (χ4v) is 3.10. The van der Waals surface area contributed by atoms with Gasteiger partial charge in [-0.25, -0.2) is 13.8 Å². The van der Waals surface area contributed by atoms with E-state index in [-0.39, 0.29) is 11.5 Å². The Morgan fingerprint density at radius 2 is 1.82 bits per heavy atom. The summed E-state index contributed by atoms with van der Waals surface area (Å²) in [6, 6.07) is 1.51. The zero-order chi connectivity index (χ0) is 20.5. The summed E-state index contributed by atoms with van der Waals surface area (Å²) in [6.45, 7) is 0. The minimum atomic E-state index is -4.69. The van der Waals surface area contributed by atoms with Crippen LogP contribution in [0.3, 0.4) is 0 Å². The summed E-state index contributed by atoms with van der Waals surface area (Å²) in [5.41, 5.74) is -2.82. The van der Waals surface area contributed by atoms with Crippen LogP contribution in [0.4, 0.5) is 27.9 Å². The van der Waals surface area contributed by atoms with E-state index in [9.17, 15) is 32.2 Å². The second kappa shape index (κ2) is 7.82. The molecule has 1 heterocycles. The number of aliphatic hydroxyl groups excluding tert-OH is 1. The molecule has 1 fully saturated rings. The summed E-state index contributed by atoms with van der Waals surface area (Å²) in [7, 11) is 0. The van der Waals surface area contributed by atoms with Gasteiger partial charge in [0.25, 0.3) is 6.43 Å². The van der Waals surface area contributed by atoms with Crippen LogP contribution in [-0.2, 0) is 6.18 Å². The molecule has 1 aromatic heterocycles. The lowest BCUT2D eigenvalue weighted by molar-refractivity contribution is -0.137. The van der Waals surface area contributed by atoms with Crippen molar-refractivity contribution < 1.29 is 32.2 Å². The molecular formula is C17H17F5N4O2. The molecule has 1 aromatic carbocycles. The van der Waals surface area contributed by atoms with Crippen LogP contribution in [0.25, 0.3) is 11.3 Å². The highest BCUT2D eigenvalue weighted by Crippen LogP contribution is 2.38. The maximum Gasteiger partial charge on any atom is 0.416 e. The van der Waals surface area contributed by atoms with E-state index in [1.165, 1.54) is 0 Å². The van der Waals surface area contributed by atoms with Crippen molar-refractivity contribution in [2.24, 2.45) is 0 Å². The third-order valence-electron chi connectivity index (χ3n) is 4.54. The quantitative estimate of drug-likeness (QED) is 0.670. The largest absolute Gasteiger partial charge is 0.507 e. The van der Waals surface area contributed by atoms with Gasteiger partial charge in [0.15, 0.2) is 0 Å². The highest BCUT2D eigenvalue weighted by atomic mass is 19.4. The maximum atomic E-state index is 13.5. The predicted molar refractivity (Wildman–Crippen MR) is 88.8 cm³/mol. The number of rotatable bonds is 4. The van der Waals surface area contributed by atoms with E-state index in [1.807, 2.05) is 0 Å². The van der Waals surface area contributed by atoms with Gasteiger partial charge >= 0.3 is 6.18 Å². The first-order valence-electron chi connectivity index (χ1n) is 8.54. The van der Waals surface area contributed by atoms with Gasteiger partial charge in [0.1, 0.15) is 17.1 Å². The molecule has 0 radical (unpaired) electrons. The van der Waals surface area contributed by atoms with E-state index < -0.39 is 47.4 Å². The van der Waals surface area contributed by atoms with Gasteiger partial charge in [0, 0.05) is 5.56 Å². The van der Waals surface area contributed by atoms with Crippen molar-refractivity contribution in [3.63, 3.8) is 0 Å². The zero-order valence-corrected chi connectivity index (χ0v) is 14.4. The molecule has 0 amide bonds. The van der Waals surface area contributed by atoms with E-state index in [1.54, 1.807) is 0 Å². The SMILES string of the molecule is Oc1cc(C(F)(F)F)ccc1-c1nnc(N[C@@H]2CCCC[C@H]2O)nc1C(F)F. The lowest BCUT2D eigenvalue weighted by Gasteiger charge is -2.28. The Kier molecular flexibility index (Phi) is 5.64. The van der Waals surface area contributed by atoms with E-state index in [0.717, 1.165) is 18.9 Å². The number of anilines is 1. The normalized spacial score (nSPS) is 20.4. The standard InChI is InChI=1S/C17H17F5N4O2/c18-15(19)14-13(9-6-5-8(7-12(9)28)17(20,21)22)25-26-16(24-14)23-10-3-1-2-4-11(10)27/h5-7,10-11,15,27-28H,1-4H2,(H,23,24,26)/t10-,11-/m1/s1. The van der Waals surface area contributed by atoms with Gasteiger partial charge in [-0.05, 0) is 31.0 Å². The second-order valence-corrected chi connectivity index (χ2v) is 6.50. The van der Waals surface area contributed by atoms with Crippen molar-refractivity contribution in [3.8, 4) is 17.0 Å². The molecule has 1 saturated carbocycles. The Morgan fingerprint density at radius 1 is 1.11 bits per heavy atom. The Balaban J connectivity index is 1.94. The summed E-state index contributed by atoms with van der Waals surface area (Å²) in [6.07, 6.45) is -5.61. The van der Waals surface area contributed by atoms with Crippen molar-refractivity contribution in [1.82, 2.24) is 15.2 Å².